The summed E-state index contributed by atoms with van der Waals surface area (Å²) in [6, 6.07) is 14.3. The fourth-order valence-corrected chi connectivity index (χ4v) is 2.27. The van der Waals surface area contributed by atoms with Crippen molar-refractivity contribution in [2.75, 3.05) is 7.11 Å². The van der Waals surface area contributed by atoms with Gasteiger partial charge in [-0.25, -0.2) is 0 Å². The summed E-state index contributed by atoms with van der Waals surface area (Å²) in [4.78, 5) is 0. The molecule has 2 aromatic carbocycles. The Hall–Kier alpha value is -1.51. The Balaban J connectivity index is 1.90. The molecule has 0 spiro atoms. The van der Waals surface area contributed by atoms with E-state index >= 15 is 0 Å². The Labute approximate surface area is 119 Å². The largest absolute Gasteiger partial charge is 0.495 e. The lowest BCUT2D eigenvalue weighted by Crippen LogP contribution is -2.12. The van der Waals surface area contributed by atoms with Gasteiger partial charge in [0.15, 0.2) is 0 Å². The van der Waals surface area contributed by atoms with Crippen LogP contribution in [0.15, 0.2) is 42.5 Å². The van der Waals surface area contributed by atoms with E-state index in [2.05, 4.69) is 36.5 Å². The van der Waals surface area contributed by atoms with Crippen molar-refractivity contribution in [1.82, 2.24) is 5.32 Å². The van der Waals surface area contributed by atoms with Crippen LogP contribution in [0.25, 0.3) is 0 Å². The SMILES string of the molecule is COc1ccc(CNCc2cccc(C)c2)cc1Cl. The smallest absolute Gasteiger partial charge is 0.137 e. The van der Waals surface area contributed by atoms with Gasteiger partial charge in [-0.15, -0.1) is 0 Å². The predicted octanol–water partition coefficient (Wildman–Crippen LogP) is 3.95. The number of benzene rings is 2. The Bertz CT molecular complexity index is 554. The summed E-state index contributed by atoms with van der Waals surface area (Å²) >= 11 is 6.09. The van der Waals surface area contributed by atoms with Gasteiger partial charge in [0.05, 0.1) is 12.1 Å². The van der Waals surface area contributed by atoms with Crippen molar-refractivity contribution in [2.24, 2.45) is 0 Å². The van der Waals surface area contributed by atoms with Crippen LogP contribution in [0, 0.1) is 6.92 Å². The van der Waals surface area contributed by atoms with Crippen molar-refractivity contribution >= 4 is 11.6 Å². The molecular weight excluding hydrogens is 258 g/mol. The van der Waals surface area contributed by atoms with Crippen molar-refractivity contribution < 1.29 is 4.74 Å². The molecule has 0 amide bonds. The molecular formula is C16H18ClNO. The van der Waals surface area contributed by atoms with Crippen LogP contribution in [0.1, 0.15) is 16.7 Å². The average Bonchev–Trinajstić information content (AvgIpc) is 2.39. The van der Waals surface area contributed by atoms with E-state index in [0.29, 0.717) is 10.8 Å². The van der Waals surface area contributed by atoms with Crippen LogP contribution in [0.4, 0.5) is 0 Å². The second-order valence-corrected chi connectivity index (χ2v) is 4.97. The quantitative estimate of drug-likeness (QED) is 0.892. The zero-order valence-electron chi connectivity index (χ0n) is 11.2. The second-order valence-electron chi connectivity index (χ2n) is 4.56. The third-order valence-electron chi connectivity index (χ3n) is 2.96. The van der Waals surface area contributed by atoms with Crippen LogP contribution in [0.3, 0.4) is 0 Å². The average molecular weight is 276 g/mol. The molecule has 0 saturated carbocycles. The van der Waals surface area contributed by atoms with E-state index in [-0.39, 0.29) is 0 Å². The van der Waals surface area contributed by atoms with E-state index < -0.39 is 0 Å². The highest BCUT2D eigenvalue weighted by molar-refractivity contribution is 6.32. The highest BCUT2D eigenvalue weighted by Gasteiger charge is 2.01. The summed E-state index contributed by atoms with van der Waals surface area (Å²) in [6.07, 6.45) is 0. The summed E-state index contributed by atoms with van der Waals surface area (Å²) < 4.78 is 5.13. The number of nitrogens with one attached hydrogen (secondary N) is 1. The van der Waals surface area contributed by atoms with Gasteiger partial charge in [0.1, 0.15) is 5.75 Å². The Morgan fingerprint density at radius 2 is 1.79 bits per heavy atom. The van der Waals surface area contributed by atoms with E-state index in [4.69, 9.17) is 16.3 Å². The Kier molecular flexibility index (Phi) is 4.83. The standard InChI is InChI=1S/C16H18ClNO/c1-12-4-3-5-13(8-12)10-18-11-14-6-7-16(19-2)15(17)9-14/h3-9,18H,10-11H2,1-2H3. The van der Waals surface area contributed by atoms with Crippen molar-refractivity contribution in [3.8, 4) is 5.75 Å². The summed E-state index contributed by atoms with van der Waals surface area (Å²) in [5.74, 6) is 0.712. The summed E-state index contributed by atoms with van der Waals surface area (Å²) in [7, 11) is 1.62. The highest BCUT2D eigenvalue weighted by atomic mass is 35.5. The molecule has 2 rings (SSSR count). The minimum absolute atomic E-state index is 0.650. The first-order valence-corrected chi connectivity index (χ1v) is 6.65. The molecule has 0 aliphatic carbocycles. The number of hydrogen-bond donors (Lipinski definition) is 1. The van der Waals surface area contributed by atoms with Gasteiger partial charge >= 0.3 is 0 Å². The van der Waals surface area contributed by atoms with Gasteiger partial charge in [0.2, 0.25) is 0 Å². The molecule has 19 heavy (non-hydrogen) atoms. The normalized spacial score (nSPS) is 10.5. The van der Waals surface area contributed by atoms with Crippen molar-refractivity contribution in [2.45, 2.75) is 20.0 Å². The maximum absolute atomic E-state index is 6.09. The van der Waals surface area contributed by atoms with Crippen LogP contribution >= 0.6 is 11.6 Å². The third-order valence-corrected chi connectivity index (χ3v) is 3.25. The first kappa shape index (κ1) is 13.9. The molecule has 0 heterocycles. The van der Waals surface area contributed by atoms with Gasteiger partial charge in [-0.2, -0.15) is 0 Å². The summed E-state index contributed by atoms with van der Waals surface area (Å²) in [6.45, 7) is 3.75. The third kappa shape index (κ3) is 3.98. The second kappa shape index (κ2) is 6.60. The van der Waals surface area contributed by atoms with Gasteiger partial charge in [-0.05, 0) is 30.2 Å². The fraction of sp³-hybridized carbons (Fsp3) is 0.250. The lowest BCUT2D eigenvalue weighted by molar-refractivity contribution is 0.415. The molecule has 0 unspecified atom stereocenters. The summed E-state index contributed by atoms with van der Waals surface area (Å²) in [5.41, 5.74) is 3.73. The monoisotopic (exact) mass is 275 g/mol. The number of halogens is 1. The molecule has 2 nitrogen and oxygen atoms in total. The fourth-order valence-electron chi connectivity index (χ4n) is 1.99. The van der Waals surface area contributed by atoms with Gasteiger partial charge < -0.3 is 10.1 Å². The maximum Gasteiger partial charge on any atom is 0.137 e. The predicted molar refractivity (Wildman–Crippen MR) is 79.7 cm³/mol. The number of hydrogen-bond acceptors (Lipinski definition) is 2. The van der Waals surface area contributed by atoms with Crippen LogP contribution in [0.2, 0.25) is 5.02 Å². The molecule has 0 fully saturated rings. The first-order chi connectivity index (χ1) is 9.19. The molecule has 3 heteroatoms. The van der Waals surface area contributed by atoms with Gasteiger partial charge in [0.25, 0.3) is 0 Å². The molecule has 0 aliphatic rings. The van der Waals surface area contributed by atoms with Gasteiger partial charge in [-0.1, -0.05) is 47.5 Å². The molecule has 0 saturated heterocycles. The van der Waals surface area contributed by atoms with Crippen LogP contribution in [-0.2, 0) is 13.1 Å². The molecule has 0 aliphatic heterocycles. The Morgan fingerprint density at radius 1 is 1.05 bits per heavy atom. The maximum atomic E-state index is 6.09. The number of aryl methyl sites for hydroxylation is 1. The molecule has 0 aromatic heterocycles. The lowest BCUT2D eigenvalue weighted by atomic mass is 10.1. The van der Waals surface area contributed by atoms with Crippen molar-refractivity contribution in [3.63, 3.8) is 0 Å². The first-order valence-electron chi connectivity index (χ1n) is 6.27. The van der Waals surface area contributed by atoms with E-state index in [9.17, 15) is 0 Å². The Morgan fingerprint density at radius 3 is 2.42 bits per heavy atom. The van der Waals surface area contributed by atoms with Crippen LogP contribution in [0.5, 0.6) is 5.75 Å². The van der Waals surface area contributed by atoms with Crippen LogP contribution in [-0.4, -0.2) is 7.11 Å². The molecule has 100 valence electrons. The highest BCUT2D eigenvalue weighted by Crippen LogP contribution is 2.24. The molecule has 0 atom stereocenters. The minimum atomic E-state index is 0.650. The van der Waals surface area contributed by atoms with Crippen LogP contribution < -0.4 is 10.1 Å². The van der Waals surface area contributed by atoms with E-state index in [1.54, 1.807) is 7.11 Å². The van der Waals surface area contributed by atoms with E-state index in [1.807, 2.05) is 18.2 Å². The number of rotatable bonds is 5. The van der Waals surface area contributed by atoms with Gasteiger partial charge in [-0.3, -0.25) is 0 Å². The zero-order chi connectivity index (χ0) is 13.7. The van der Waals surface area contributed by atoms with Crippen molar-refractivity contribution in [1.29, 1.82) is 0 Å². The molecule has 0 radical (unpaired) electrons. The molecule has 0 bridgehead atoms. The van der Waals surface area contributed by atoms with E-state index in [1.165, 1.54) is 11.1 Å². The molecule has 2 aromatic rings. The number of ether oxygens (including phenoxy) is 1. The topological polar surface area (TPSA) is 21.3 Å². The lowest BCUT2D eigenvalue weighted by Gasteiger charge is -2.08. The van der Waals surface area contributed by atoms with Crippen molar-refractivity contribution in [3.05, 3.63) is 64.2 Å². The summed E-state index contributed by atoms with van der Waals surface area (Å²) in [5, 5.41) is 4.06. The molecule has 1 N–H and O–H groups in total. The van der Waals surface area contributed by atoms with Gasteiger partial charge in [0, 0.05) is 13.1 Å². The number of methoxy groups -OCH3 is 1. The van der Waals surface area contributed by atoms with E-state index in [0.717, 1.165) is 18.7 Å². The zero-order valence-corrected chi connectivity index (χ0v) is 12.0. The minimum Gasteiger partial charge on any atom is -0.495 e.